The zero-order chi connectivity index (χ0) is 43.4. The van der Waals surface area contributed by atoms with E-state index < -0.39 is 24.3 Å². The summed E-state index contributed by atoms with van der Waals surface area (Å²) in [4.78, 5) is 70.5. The summed E-state index contributed by atoms with van der Waals surface area (Å²) in [5.74, 6) is 0.740. The lowest BCUT2D eigenvalue weighted by Gasteiger charge is -2.28. The minimum atomic E-state index is -1.26. The second-order valence-corrected chi connectivity index (χ2v) is 16.7. The Morgan fingerprint density at radius 3 is 1.48 bits per heavy atom. The normalized spacial score (nSPS) is 17.4. The van der Waals surface area contributed by atoms with Crippen LogP contribution in [0.5, 0.6) is 0 Å². The molecule has 14 nitrogen and oxygen atoms in total. The Hall–Kier alpha value is -7.22. The molecule has 4 amide bonds. The van der Waals surface area contributed by atoms with Crippen LogP contribution in [-0.2, 0) is 21.4 Å². The van der Waals surface area contributed by atoms with Gasteiger partial charge in [0.15, 0.2) is 0 Å². The van der Waals surface area contributed by atoms with E-state index in [0.29, 0.717) is 35.9 Å². The highest BCUT2D eigenvalue weighted by molar-refractivity contribution is 5.88. The average molecular weight is 835 g/mol. The van der Waals surface area contributed by atoms with Gasteiger partial charge in [-0.25, -0.2) is 19.6 Å². The summed E-state index contributed by atoms with van der Waals surface area (Å²) in [6, 6.07) is 32.0. The first kappa shape index (κ1) is 41.5. The Balaban J connectivity index is 0.904. The molecular formula is C48H50N8O6. The number of aromatic nitrogens is 4. The van der Waals surface area contributed by atoms with Gasteiger partial charge < -0.3 is 40.6 Å². The molecule has 8 rings (SSSR count). The van der Waals surface area contributed by atoms with Crippen LogP contribution in [0.2, 0.25) is 0 Å². The van der Waals surface area contributed by atoms with Crippen LogP contribution in [0.15, 0.2) is 122 Å². The largest absolute Gasteiger partial charge is 0.465 e. The van der Waals surface area contributed by atoms with E-state index in [1.807, 2.05) is 12.1 Å². The molecule has 2 unspecified atom stereocenters. The molecule has 318 valence electrons. The van der Waals surface area contributed by atoms with Gasteiger partial charge in [0.2, 0.25) is 0 Å². The number of H-pyrrole nitrogens is 2. The summed E-state index contributed by atoms with van der Waals surface area (Å²) in [5.41, 5.74) is 6.96. The molecule has 0 radical (unpaired) electrons. The van der Waals surface area contributed by atoms with Gasteiger partial charge in [-0.3, -0.25) is 9.59 Å². The predicted molar refractivity (Wildman–Crippen MR) is 233 cm³/mol. The lowest BCUT2D eigenvalue weighted by molar-refractivity contribution is -0.135. The molecule has 62 heavy (non-hydrogen) atoms. The molecule has 2 saturated heterocycles. The maximum atomic E-state index is 13.8. The fourth-order valence-corrected chi connectivity index (χ4v) is 8.90. The van der Waals surface area contributed by atoms with E-state index in [0.717, 1.165) is 54.6 Å². The Morgan fingerprint density at radius 2 is 1.06 bits per heavy atom. The van der Waals surface area contributed by atoms with Crippen molar-refractivity contribution in [3.8, 4) is 22.5 Å². The third kappa shape index (κ3) is 8.94. The Kier molecular flexibility index (Phi) is 11.9. The summed E-state index contributed by atoms with van der Waals surface area (Å²) in [7, 11) is 0. The number of nitrogens with one attached hydrogen (secondary N) is 4. The van der Waals surface area contributed by atoms with Crippen LogP contribution in [0.1, 0.15) is 97.6 Å². The van der Waals surface area contributed by atoms with Crippen LogP contribution in [0, 0.1) is 0 Å². The molecule has 4 aromatic carbocycles. The number of amides is 4. The smallest absolute Gasteiger partial charge is 0.405 e. The number of hydrogen-bond acceptors (Lipinski definition) is 6. The van der Waals surface area contributed by atoms with E-state index in [4.69, 9.17) is 0 Å². The van der Waals surface area contributed by atoms with Crippen molar-refractivity contribution in [3.05, 3.63) is 155 Å². The number of carbonyl (C=O) groups excluding carboxylic acids is 2. The van der Waals surface area contributed by atoms with Gasteiger partial charge in [-0.15, -0.1) is 0 Å². The number of aromatic amines is 2. The lowest BCUT2D eigenvalue weighted by atomic mass is 9.79. The topological polar surface area (TPSA) is 197 Å². The molecule has 4 heterocycles. The molecule has 2 fully saturated rings. The van der Waals surface area contributed by atoms with Gasteiger partial charge in [0.25, 0.3) is 11.8 Å². The molecule has 6 aromatic rings. The van der Waals surface area contributed by atoms with Crippen LogP contribution in [0.25, 0.3) is 22.5 Å². The lowest BCUT2D eigenvalue weighted by Crippen LogP contribution is -2.42. The summed E-state index contributed by atoms with van der Waals surface area (Å²) in [6.07, 6.45) is 4.87. The first-order valence-electron chi connectivity index (χ1n) is 20.9. The third-order valence-electron chi connectivity index (χ3n) is 12.1. The van der Waals surface area contributed by atoms with Gasteiger partial charge in [-0.1, -0.05) is 123 Å². The zero-order valence-corrected chi connectivity index (χ0v) is 34.6. The van der Waals surface area contributed by atoms with Crippen molar-refractivity contribution in [2.75, 3.05) is 13.1 Å². The number of carbonyl (C=O) groups is 4. The van der Waals surface area contributed by atoms with E-state index in [1.54, 1.807) is 70.7 Å². The average Bonchev–Trinajstić information content (AvgIpc) is 4.13. The maximum Gasteiger partial charge on any atom is 0.405 e. The van der Waals surface area contributed by atoms with Gasteiger partial charge in [0.05, 0.1) is 35.9 Å². The Morgan fingerprint density at radius 1 is 0.645 bits per heavy atom. The molecule has 0 saturated carbocycles. The first-order valence-corrected chi connectivity index (χ1v) is 20.9. The summed E-state index contributed by atoms with van der Waals surface area (Å²) < 4.78 is 0. The third-order valence-corrected chi connectivity index (χ3v) is 12.1. The van der Waals surface area contributed by atoms with Gasteiger partial charge in [0.1, 0.15) is 23.7 Å². The minimum Gasteiger partial charge on any atom is -0.465 e. The van der Waals surface area contributed by atoms with Crippen molar-refractivity contribution in [2.24, 2.45) is 0 Å². The number of benzene rings is 4. The Bertz CT molecular complexity index is 2520. The maximum absolute atomic E-state index is 13.8. The van der Waals surface area contributed by atoms with Crippen LogP contribution in [0.3, 0.4) is 0 Å². The van der Waals surface area contributed by atoms with E-state index in [2.05, 4.69) is 92.9 Å². The van der Waals surface area contributed by atoms with Crippen molar-refractivity contribution in [1.82, 2.24) is 40.4 Å². The van der Waals surface area contributed by atoms with Gasteiger partial charge in [-0.05, 0) is 70.9 Å². The number of hydrogen-bond donors (Lipinski definition) is 6. The molecule has 6 N–H and O–H groups in total. The van der Waals surface area contributed by atoms with Crippen LogP contribution in [0.4, 0.5) is 9.59 Å². The zero-order valence-electron chi connectivity index (χ0n) is 34.6. The summed E-state index contributed by atoms with van der Waals surface area (Å²) in [5, 5.41) is 23.8. The quantitative estimate of drug-likeness (QED) is 0.0668. The molecular weight excluding hydrogens is 785 g/mol. The van der Waals surface area contributed by atoms with Crippen molar-refractivity contribution in [1.29, 1.82) is 0 Å². The molecule has 14 heteroatoms. The highest BCUT2D eigenvalue weighted by Gasteiger charge is 2.38. The van der Waals surface area contributed by atoms with E-state index in [-0.39, 0.29) is 29.3 Å². The molecule has 2 aromatic heterocycles. The number of nitrogens with zero attached hydrogens (tertiary/aromatic N) is 4. The van der Waals surface area contributed by atoms with Gasteiger partial charge >= 0.3 is 12.2 Å². The molecule has 2 aliphatic rings. The van der Waals surface area contributed by atoms with Crippen molar-refractivity contribution < 1.29 is 29.4 Å². The fourth-order valence-electron chi connectivity index (χ4n) is 8.90. The predicted octanol–water partition coefficient (Wildman–Crippen LogP) is 8.33. The van der Waals surface area contributed by atoms with Crippen LogP contribution < -0.4 is 10.6 Å². The second kappa shape index (κ2) is 17.8. The second-order valence-electron chi connectivity index (χ2n) is 16.7. The monoisotopic (exact) mass is 834 g/mol. The first-order chi connectivity index (χ1) is 29.9. The number of rotatable bonds is 13. The van der Waals surface area contributed by atoms with E-state index >= 15 is 0 Å². The van der Waals surface area contributed by atoms with Gasteiger partial charge in [-0.2, -0.15) is 0 Å². The minimum absolute atomic E-state index is 0.185. The van der Waals surface area contributed by atoms with E-state index in [1.165, 1.54) is 11.1 Å². The highest BCUT2D eigenvalue weighted by Crippen LogP contribution is 2.37. The van der Waals surface area contributed by atoms with Gasteiger partial charge in [0, 0.05) is 13.1 Å². The molecule has 0 aliphatic carbocycles. The summed E-state index contributed by atoms with van der Waals surface area (Å²) in [6.45, 7) is 5.47. The van der Waals surface area contributed by atoms with Crippen LogP contribution in [-0.4, -0.2) is 77.0 Å². The van der Waals surface area contributed by atoms with Crippen molar-refractivity contribution in [2.45, 2.75) is 75.5 Å². The van der Waals surface area contributed by atoms with E-state index in [9.17, 15) is 29.4 Å². The van der Waals surface area contributed by atoms with Crippen LogP contribution >= 0.6 is 0 Å². The molecule has 0 spiro atoms. The molecule has 2 aliphatic heterocycles. The standard InChI is InChI=1S/C48H50N8O6/c1-48(2,35-23-21-32(22-24-35)37-29-50-43(52-37)39-16-10-26-56(39)45(58)41(54-47(61)62)34-13-7-4-8-14-34)27-30-17-19-31(20-18-30)36-28-49-42(51-36)38-15-9-25-55(38)44(57)40(53-46(59)60)33-11-5-3-6-12-33/h3-8,11-14,17-24,28-29,38-41,53-54H,9-10,15-16,25-27H2,1-2H3,(H,49,51)(H,50,52)(H,59,60)(H,61,62)/t38?,39-,40?,41+/m0/s1. The number of carboxylic acid groups (broad SMARTS) is 2. The molecule has 4 atom stereocenters. The molecule has 0 bridgehead atoms. The fraction of sp³-hybridized carbons (Fsp3) is 0.292. The highest BCUT2D eigenvalue weighted by atomic mass is 16.4. The Labute approximate surface area is 359 Å². The number of likely N-dealkylation sites (tertiary alicyclic amines) is 2. The SMILES string of the molecule is CC(C)(Cc1ccc(-c2cnc(C3CCCN3C(=O)C(NC(=O)O)c3ccccc3)[nH]2)cc1)c1ccc(-c2cnc([C@@H]3CCCN3C(=O)[C@H](NC(=O)O)c3ccccc3)[nH]2)cc1. The number of imidazole rings is 2. The van der Waals surface area contributed by atoms with Crippen molar-refractivity contribution >= 4 is 24.0 Å². The summed E-state index contributed by atoms with van der Waals surface area (Å²) >= 11 is 0. The van der Waals surface area contributed by atoms with Crippen molar-refractivity contribution in [3.63, 3.8) is 0 Å².